The minimum atomic E-state index is -0.585. The van der Waals surface area contributed by atoms with Gasteiger partial charge in [-0.3, -0.25) is 4.79 Å². The summed E-state index contributed by atoms with van der Waals surface area (Å²) in [6, 6.07) is 16.2. The van der Waals surface area contributed by atoms with Crippen molar-refractivity contribution in [3.8, 4) is 16.2 Å². The number of thiophene rings is 1. The number of anilines is 1. The highest BCUT2D eigenvalue weighted by Crippen LogP contribution is 2.28. The van der Waals surface area contributed by atoms with Crippen molar-refractivity contribution in [2.45, 2.75) is 0 Å². The lowest BCUT2D eigenvalue weighted by Gasteiger charge is -2.06. The van der Waals surface area contributed by atoms with Crippen LogP contribution in [0.1, 0.15) is 9.67 Å². The van der Waals surface area contributed by atoms with Gasteiger partial charge in [-0.05, 0) is 54.1 Å². The van der Waals surface area contributed by atoms with Crippen LogP contribution in [0, 0.1) is 5.82 Å². The first-order valence-corrected chi connectivity index (χ1v) is 8.83. The SMILES string of the molecule is COc1ccc(NC(=O)COC(=O)c2ccc(-c3ccc(F)cc3)s2)cc1. The van der Waals surface area contributed by atoms with Crippen molar-refractivity contribution in [3.05, 3.63) is 71.4 Å². The van der Waals surface area contributed by atoms with Gasteiger partial charge in [0.25, 0.3) is 5.91 Å². The predicted octanol–water partition coefficient (Wildman–Crippen LogP) is 4.36. The molecule has 0 fully saturated rings. The monoisotopic (exact) mass is 385 g/mol. The fourth-order valence-corrected chi connectivity index (χ4v) is 3.20. The first-order chi connectivity index (χ1) is 13.0. The van der Waals surface area contributed by atoms with Crippen molar-refractivity contribution in [2.24, 2.45) is 0 Å². The van der Waals surface area contributed by atoms with E-state index in [0.717, 1.165) is 10.4 Å². The number of esters is 1. The average Bonchev–Trinajstić information content (AvgIpc) is 3.17. The van der Waals surface area contributed by atoms with Gasteiger partial charge in [-0.25, -0.2) is 9.18 Å². The summed E-state index contributed by atoms with van der Waals surface area (Å²) in [5.41, 5.74) is 1.38. The molecule has 0 bridgehead atoms. The van der Waals surface area contributed by atoms with E-state index in [2.05, 4.69) is 5.32 Å². The molecule has 1 heterocycles. The highest BCUT2D eigenvalue weighted by molar-refractivity contribution is 7.17. The van der Waals surface area contributed by atoms with Gasteiger partial charge >= 0.3 is 5.97 Å². The second kappa shape index (κ2) is 8.46. The van der Waals surface area contributed by atoms with Gasteiger partial charge in [0.15, 0.2) is 6.61 Å². The third-order valence-electron chi connectivity index (χ3n) is 3.64. The van der Waals surface area contributed by atoms with Crippen molar-refractivity contribution < 1.29 is 23.5 Å². The molecule has 0 saturated heterocycles. The normalized spacial score (nSPS) is 10.3. The summed E-state index contributed by atoms with van der Waals surface area (Å²) in [6.07, 6.45) is 0. The molecule has 27 heavy (non-hydrogen) atoms. The Labute approximate surface area is 159 Å². The molecular weight excluding hydrogens is 369 g/mol. The molecule has 0 radical (unpaired) electrons. The number of methoxy groups -OCH3 is 1. The van der Waals surface area contributed by atoms with E-state index in [0.29, 0.717) is 16.3 Å². The van der Waals surface area contributed by atoms with Gasteiger partial charge < -0.3 is 14.8 Å². The van der Waals surface area contributed by atoms with E-state index < -0.39 is 18.5 Å². The summed E-state index contributed by atoms with van der Waals surface area (Å²) in [6.45, 7) is -0.394. The van der Waals surface area contributed by atoms with Crippen molar-refractivity contribution >= 4 is 28.9 Å². The van der Waals surface area contributed by atoms with E-state index in [4.69, 9.17) is 9.47 Å². The zero-order valence-electron chi connectivity index (χ0n) is 14.4. The van der Waals surface area contributed by atoms with Crippen molar-refractivity contribution in [3.63, 3.8) is 0 Å². The van der Waals surface area contributed by atoms with Gasteiger partial charge in [0, 0.05) is 10.6 Å². The number of carbonyl (C=O) groups is 2. The van der Waals surface area contributed by atoms with Gasteiger partial charge in [0.1, 0.15) is 16.4 Å². The Balaban J connectivity index is 1.54. The van der Waals surface area contributed by atoms with Crippen LogP contribution in [0.15, 0.2) is 60.7 Å². The van der Waals surface area contributed by atoms with Crippen LogP contribution in [0.3, 0.4) is 0 Å². The topological polar surface area (TPSA) is 64.6 Å². The van der Waals surface area contributed by atoms with E-state index in [1.54, 1.807) is 55.6 Å². The molecule has 0 saturated carbocycles. The predicted molar refractivity (Wildman–Crippen MR) is 102 cm³/mol. The van der Waals surface area contributed by atoms with Gasteiger partial charge in [0.05, 0.1) is 7.11 Å². The lowest BCUT2D eigenvalue weighted by Crippen LogP contribution is -2.20. The molecule has 0 unspecified atom stereocenters. The minimum absolute atomic E-state index is 0.321. The first kappa shape index (κ1) is 18.6. The van der Waals surface area contributed by atoms with Crippen LogP contribution in [0.5, 0.6) is 5.75 Å². The van der Waals surface area contributed by atoms with Crippen LogP contribution in [0.2, 0.25) is 0 Å². The van der Waals surface area contributed by atoms with Crippen LogP contribution in [-0.2, 0) is 9.53 Å². The number of hydrogen-bond acceptors (Lipinski definition) is 5. The summed E-state index contributed by atoms with van der Waals surface area (Å²) in [7, 11) is 1.55. The number of rotatable bonds is 6. The Hall–Kier alpha value is -3.19. The molecule has 0 aliphatic rings. The largest absolute Gasteiger partial charge is 0.497 e. The molecule has 5 nitrogen and oxygen atoms in total. The highest BCUT2D eigenvalue weighted by Gasteiger charge is 2.14. The molecule has 0 atom stereocenters. The van der Waals surface area contributed by atoms with E-state index in [1.807, 2.05) is 0 Å². The zero-order valence-corrected chi connectivity index (χ0v) is 15.2. The zero-order chi connectivity index (χ0) is 19.2. The molecule has 0 aliphatic carbocycles. The second-order valence-electron chi connectivity index (χ2n) is 5.52. The van der Waals surface area contributed by atoms with E-state index >= 15 is 0 Å². The lowest BCUT2D eigenvalue weighted by atomic mass is 10.2. The molecule has 2 aromatic carbocycles. The Bertz CT molecular complexity index is 935. The Morgan fingerprint density at radius 2 is 1.70 bits per heavy atom. The summed E-state index contributed by atoms with van der Waals surface area (Å²) in [5.74, 6) is -0.672. The number of hydrogen-bond donors (Lipinski definition) is 1. The van der Waals surface area contributed by atoms with Crippen LogP contribution >= 0.6 is 11.3 Å². The molecular formula is C20H16FNO4S. The van der Waals surface area contributed by atoms with Gasteiger partial charge in [-0.1, -0.05) is 12.1 Å². The molecule has 7 heteroatoms. The number of nitrogens with one attached hydrogen (secondary N) is 1. The van der Waals surface area contributed by atoms with Gasteiger partial charge in [-0.15, -0.1) is 11.3 Å². The second-order valence-corrected chi connectivity index (χ2v) is 6.61. The molecule has 1 amide bonds. The number of carbonyl (C=O) groups excluding carboxylic acids is 2. The van der Waals surface area contributed by atoms with E-state index in [9.17, 15) is 14.0 Å². The number of halogens is 1. The average molecular weight is 385 g/mol. The minimum Gasteiger partial charge on any atom is -0.497 e. The standard InChI is InChI=1S/C20H16FNO4S/c1-25-16-8-6-15(7-9-16)22-19(23)12-26-20(24)18-11-10-17(27-18)13-2-4-14(21)5-3-13/h2-11H,12H2,1H3,(H,22,23). The maximum atomic E-state index is 13.0. The maximum Gasteiger partial charge on any atom is 0.348 e. The van der Waals surface area contributed by atoms with Crippen molar-refractivity contribution in [1.29, 1.82) is 0 Å². The van der Waals surface area contributed by atoms with Crippen LogP contribution in [-0.4, -0.2) is 25.6 Å². The summed E-state index contributed by atoms with van der Waals surface area (Å²) >= 11 is 1.22. The van der Waals surface area contributed by atoms with E-state index in [-0.39, 0.29) is 5.82 Å². The molecule has 0 spiro atoms. The molecule has 3 aromatic rings. The summed E-state index contributed by atoms with van der Waals surface area (Å²) in [4.78, 5) is 25.2. The molecule has 3 rings (SSSR count). The number of ether oxygens (including phenoxy) is 2. The van der Waals surface area contributed by atoms with Crippen LogP contribution < -0.4 is 10.1 Å². The fourth-order valence-electron chi connectivity index (χ4n) is 2.29. The Morgan fingerprint density at radius 1 is 1.00 bits per heavy atom. The van der Waals surface area contributed by atoms with Gasteiger partial charge in [0.2, 0.25) is 0 Å². The van der Waals surface area contributed by atoms with Crippen LogP contribution in [0.4, 0.5) is 10.1 Å². The molecule has 138 valence electrons. The quantitative estimate of drug-likeness (QED) is 0.641. The third kappa shape index (κ3) is 4.92. The highest BCUT2D eigenvalue weighted by atomic mass is 32.1. The first-order valence-electron chi connectivity index (χ1n) is 8.02. The molecule has 1 N–H and O–H groups in total. The van der Waals surface area contributed by atoms with Crippen molar-refractivity contribution in [1.82, 2.24) is 0 Å². The fraction of sp³-hybridized carbons (Fsp3) is 0.100. The number of amides is 1. The van der Waals surface area contributed by atoms with Crippen molar-refractivity contribution in [2.75, 3.05) is 19.0 Å². The maximum absolute atomic E-state index is 13.0. The third-order valence-corrected chi connectivity index (χ3v) is 4.76. The summed E-state index contributed by atoms with van der Waals surface area (Å²) in [5, 5.41) is 2.63. The number of benzene rings is 2. The van der Waals surface area contributed by atoms with Gasteiger partial charge in [-0.2, -0.15) is 0 Å². The molecule has 1 aromatic heterocycles. The molecule has 0 aliphatic heterocycles. The lowest BCUT2D eigenvalue weighted by molar-refractivity contribution is -0.119. The summed E-state index contributed by atoms with van der Waals surface area (Å²) < 4.78 is 23.1. The van der Waals surface area contributed by atoms with E-state index in [1.165, 1.54) is 23.5 Å². The Kier molecular flexibility index (Phi) is 5.83. The van der Waals surface area contributed by atoms with Crippen LogP contribution in [0.25, 0.3) is 10.4 Å². The Morgan fingerprint density at radius 3 is 2.37 bits per heavy atom. The smallest absolute Gasteiger partial charge is 0.348 e.